The number of piperidine rings is 1. The van der Waals surface area contributed by atoms with Gasteiger partial charge in [0.2, 0.25) is 0 Å². The molecule has 3 aliphatic heterocycles. The third-order valence-corrected chi connectivity index (χ3v) is 6.60. The van der Waals surface area contributed by atoms with E-state index in [-0.39, 0.29) is 18.3 Å². The fraction of sp³-hybridized carbons (Fsp3) is 0.400. The van der Waals surface area contributed by atoms with E-state index in [0.29, 0.717) is 35.1 Å². The van der Waals surface area contributed by atoms with Gasteiger partial charge in [-0.1, -0.05) is 18.2 Å². The quantitative estimate of drug-likeness (QED) is 0.720. The molecule has 31 heavy (non-hydrogen) atoms. The number of aliphatic hydroxyl groups is 1. The molecule has 0 saturated carbocycles. The van der Waals surface area contributed by atoms with E-state index in [1.807, 2.05) is 6.07 Å². The second kappa shape index (κ2) is 8.44. The first-order chi connectivity index (χ1) is 15.1. The predicted molar refractivity (Wildman–Crippen MR) is 118 cm³/mol. The van der Waals surface area contributed by atoms with Gasteiger partial charge in [-0.25, -0.2) is 4.39 Å². The summed E-state index contributed by atoms with van der Waals surface area (Å²) in [4.78, 5) is 15.1. The number of nitrogens with zero attached hydrogens (tertiary/aromatic N) is 1. The van der Waals surface area contributed by atoms with Crippen molar-refractivity contribution in [2.45, 2.75) is 32.3 Å². The zero-order valence-electron chi connectivity index (χ0n) is 17.5. The molecule has 1 atom stereocenters. The molecule has 5 nitrogen and oxygen atoms in total. The number of halogens is 1. The van der Waals surface area contributed by atoms with Crippen molar-refractivity contribution in [1.82, 2.24) is 4.90 Å². The first-order valence-electron chi connectivity index (χ1n) is 11.1. The van der Waals surface area contributed by atoms with E-state index in [0.717, 1.165) is 43.6 Å². The maximum atomic E-state index is 13.8. The Kier molecular flexibility index (Phi) is 5.50. The number of ether oxygens (including phenoxy) is 1. The van der Waals surface area contributed by atoms with Gasteiger partial charge in [0.1, 0.15) is 18.2 Å². The van der Waals surface area contributed by atoms with Crippen molar-refractivity contribution in [3.05, 3.63) is 64.5 Å². The molecule has 1 saturated heterocycles. The molecular formula is C25H27FN2O3. The molecule has 1 amide bonds. The van der Waals surface area contributed by atoms with E-state index in [1.165, 1.54) is 30.5 Å². The minimum absolute atomic E-state index is 0.255. The number of aliphatic hydroxyl groups excluding tert-OH is 1. The minimum Gasteiger partial charge on any atom is -0.487 e. The molecule has 162 valence electrons. The van der Waals surface area contributed by atoms with Crippen molar-refractivity contribution in [1.29, 1.82) is 0 Å². The molecule has 0 radical (unpaired) electrons. The fourth-order valence-electron chi connectivity index (χ4n) is 5.00. The molecule has 0 spiro atoms. The highest BCUT2D eigenvalue weighted by atomic mass is 19.1. The molecule has 1 fully saturated rings. The molecule has 0 bridgehead atoms. The number of nitrogens with one attached hydrogen (secondary N) is 1. The van der Waals surface area contributed by atoms with Gasteiger partial charge in [-0.3, -0.25) is 4.79 Å². The van der Waals surface area contributed by atoms with Crippen LogP contribution in [0.1, 0.15) is 41.5 Å². The Hall–Kier alpha value is -2.70. The molecule has 0 aliphatic carbocycles. The second-order valence-corrected chi connectivity index (χ2v) is 8.70. The Morgan fingerprint density at radius 3 is 2.97 bits per heavy atom. The van der Waals surface area contributed by atoms with Gasteiger partial charge in [-0.2, -0.15) is 0 Å². The average molecular weight is 423 g/mol. The van der Waals surface area contributed by atoms with E-state index in [1.54, 1.807) is 6.07 Å². The fourth-order valence-corrected chi connectivity index (χ4v) is 5.00. The van der Waals surface area contributed by atoms with Crippen LogP contribution in [0.5, 0.6) is 0 Å². The van der Waals surface area contributed by atoms with Crippen molar-refractivity contribution in [2.24, 2.45) is 5.92 Å². The zero-order chi connectivity index (χ0) is 21.4. The van der Waals surface area contributed by atoms with Crippen molar-refractivity contribution < 1.29 is 19.0 Å². The normalized spacial score (nSPS) is 22.8. The number of likely N-dealkylation sites (tertiary alicyclic amines) is 1. The third kappa shape index (κ3) is 3.98. The molecule has 1 unspecified atom stereocenters. The average Bonchev–Trinajstić information content (AvgIpc) is 3.32. The number of fused-ring (bicyclic) bond motifs is 2. The summed E-state index contributed by atoms with van der Waals surface area (Å²) in [7, 11) is 0. The number of benzene rings is 2. The summed E-state index contributed by atoms with van der Waals surface area (Å²) in [5.41, 5.74) is 4.80. The van der Waals surface area contributed by atoms with Gasteiger partial charge in [0.25, 0.3) is 5.91 Å². The van der Waals surface area contributed by atoms with Crippen LogP contribution in [0.4, 0.5) is 10.1 Å². The number of amides is 1. The summed E-state index contributed by atoms with van der Waals surface area (Å²) in [6.07, 6.45) is 4.26. The van der Waals surface area contributed by atoms with Crippen LogP contribution >= 0.6 is 0 Å². The van der Waals surface area contributed by atoms with Gasteiger partial charge in [-0.15, -0.1) is 0 Å². The van der Waals surface area contributed by atoms with Crippen LogP contribution in [0.15, 0.2) is 36.4 Å². The van der Waals surface area contributed by atoms with E-state index in [2.05, 4.69) is 22.3 Å². The molecule has 3 aliphatic rings. The Morgan fingerprint density at radius 2 is 2.10 bits per heavy atom. The number of carbonyl (C=O) groups is 1. The molecule has 5 rings (SSSR count). The summed E-state index contributed by atoms with van der Waals surface area (Å²) in [6.45, 7) is 3.89. The highest BCUT2D eigenvalue weighted by molar-refractivity contribution is 6.36. The maximum Gasteiger partial charge on any atom is 0.260 e. The summed E-state index contributed by atoms with van der Waals surface area (Å²) in [6, 6.07) is 10.6. The maximum absolute atomic E-state index is 13.8. The Bertz CT molecular complexity index is 1050. The highest BCUT2D eigenvalue weighted by Gasteiger charge is 2.32. The van der Waals surface area contributed by atoms with E-state index < -0.39 is 0 Å². The molecule has 3 heterocycles. The summed E-state index contributed by atoms with van der Waals surface area (Å²) in [5.74, 6) is 0.508. The van der Waals surface area contributed by atoms with Gasteiger partial charge in [-0.05, 0) is 61.9 Å². The largest absolute Gasteiger partial charge is 0.487 e. The minimum atomic E-state index is -0.374. The number of carbonyl (C=O) groups excluding carboxylic acids is 1. The number of hydrogen-bond acceptors (Lipinski definition) is 4. The first kappa shape index (κ1) is 20.2. The third-order valence-electron chi connectivity index (χ3n) is 6.60. The monoisotopic (exact) mass is 422 g/mol. The van der Waals surface area contributed by atoms with E-state index in [4.69, 9.17) is 4.74 Å². The Morgan fingerprint density at radius 1 is 1.19 bits per heavy atom. The van der Waals surface area contributed by atoms with Gasteiger partial charge in [0.05, 0.1) is 5.57 Å². The Balaban J connectivity index is 1.34. The van der Waals surface area contributed by atoms with Crippen molar-refractivity contribution in [2.75, 3.05) is 31.6 Å². The van der Waals surface area contributed by atoms with Gasteiger partial charge >= 0.3 is 0 Å². The van der Waals surface area contributed by atoms with E-state index in [9.17, 15) is 14.3 Å². The molecule has 2 N–H and O–H groups in total. The predicted octanol–water partition coefficient (Wildman–Crippen LogP) is 3.81. The number of anilines is 1. The van der Waals surface area contributed by atoms with Gasteiger partial charge in [0, 0.05) is 42.1 Å². The van der Waals surface area contributed by atoms with Crippen molar-refractivity contribution >= 4 is 22.9 Å². The van der Waals surface area contributed by atoms with Crippen LogP contribution in [0.2, 0.25) is 0 Å². The molecular weight excluding hydrogens is 395 g/mol. The lowest BCUT2D eigenvalue weighted by molar-refractivity contribution is -0.110. The first-order valence-corrected chi connectivity index (χ1v) is 11.1. The van der Waals surface area contributed by atoms with Crippen LogP contribution in [0, 0.1) is 11.7 Å². The molecule has 6 heteroatoms. The van der Waals surface area contributed by atoms with Gasteiger partial charge < -0.3 is 20.1 Å². The number of hydrogen-bond donors (Lipinski definition) is 2. The topological polar surface area (TPSA) is 61.8 Å². The lowest BCUT2D eigenvalue weighted by Gasteiger charge is -2.32. The standard InChI is InChI=1S/C25H27FN2O3/c26-19-4-6-22-21(13-19)23(25(30)27-22)24-20-5-3-16(12-18(20)15-31-24)7-10-28-9-1-2-17(14-28)8-11-29/h3-6,12-13,17,29H,1-2,7-11,14-15H2,(H,27,30)/b24-23+. The number of rotatable bonds is 5. The smallest absolute Gasteiger partial charge is 0.260 e. The molecule has 0 aromatic heterocycles. The van der Waals surface area contributed by atoms with Crippen LogP contribution in [-0.4, -0.2) is 42.2 Å². The molecule has 2 aromatic rings. The summed E-state index contributed by atoms with van der Waals surface area (Å²) in [5, 5.41) is 12.0. The highest BCUT2D eigenvalue weighted by Crippen LogP contribution is 2.42. The lowest BCUT2D eigenvalue weighted by atomic mass is 9.94. The molecule has 2 aromatic carbocycles. The summed E-state index contributed by atoms with van der Waals surface area (Å²) >= 11 is 0. The zero-order valence-corrected chi connectivity index (χ0v) is 17.5. The SMILES string of the molecule is O=C1Nc2ccc(F)cc2/C1=C1\OCc2cc(CCN3CCCC(CCO)C3)ccc21. The van der Waals surface area contributed by atoms with E-state index >= 15 is 0 Å². The second-order valence-electron chi connectivity index (χ2n) is 8.70. The Labute approximate surface area is 181 Å². The van der Waals surface area contributed by atoms with Crippen LogP contribution in [0.3, 0.4) is 0 Å². The van der Waals surface area contributed by atoms with Crippen LogP contribution in [-0.2, 0) is 22.6 Å². The van der Waals surface area contributed by atoms with Crippen LogP contribution in [0.25, 0.3) is 11.3 Å². The van der Waals surface area contributed by atoms with Gasteiger partial charge in [0.15, 0.2) is 0 Å². The van der Waals surface area contributed by atoms with Crippen molar-refractivity contribution in [3.8, 4) is 0 Å². The lowest BCUT2D eigenvalue weighted by Crippen LogP contribution is -2.37. The van der Waals surface area contributed by atoms with Crippen LogP contribution < -0.4 is 5.32 Å². The van der Waals surface area contributed by atoms with Crippen molar-refractivity contribution in [3.63, 3.8) is 0 Å². The summed E-state index contributed by atoms with van der Waals surface area (Å²) < 4.78 is 19.7.